The highest BCUT2D eigenvalue weighted by molar-refractivity contribution is 6.15. The Bertz CT molecular complexity index is 817. The first-order valence-corrected chi connectivity index (χ1v) is 8.51. The lowest BCUT2D eigenvalue weighted by Gasteiger charge is -2.33. The molecule has 0 radical (unpaired) electrons. The molecule has 0 amide bonds. The van der Waals surface area contributed by atoms with Gasteiger partial charge >= 0.3 is 0 Å². The molecule has 2 aromatic rings. The normalized spacial score (nSPS) is 19.7. The molecular formula is C22H22O3. The molecule has 0 spiro atoms. The average molecular weight is 334 g/mol. The third-order valence-electron chi connectivity index (χ3n) is 5.08. The van der Waals surface area contributed by atoms with E-state index in [2.05, 4.69) is 0 Å². The van der Waals surface area contributed by atoms with Crippen LogP contribution >= 0.6 is 0 Å². The number of carbonyl (C=O) groups excluding carboxylic acids is 2. The number of ketones is 2. The zero-order chi connectivity index (χ0) is 17.9. The Morgan fingerprint density at radius 2 is 1.88 bits per heavy atom. The molecule has 0 saturated heterocycles. The molecule has 3 rings (SSSR count). The largest absolute Gasteiger partial charge is 0.497 e. The highest BCUT2D eigenvalue weighted by atomic mass is 16.5. The molecule has 0 aromatic heterocycles. The average Bonchev–Trinajstić information content (AvgIpc) is 2.64. The van der Waals surface area contributed by atoms with Gasteiger partial charge in [-0.1, -0.05) is 48.6 Å². The highest BCUT2D eigenvalue weighted by Gasteiger charge is 2.45. The first kappa shape index (κ1) is 17.2. The second-order valence-electron chi connectivity index (χ2n) is 6.50. The summed E-state index contributed by atoms with van der Waals surface area (Å²) in [5, 5.41) is 0. The number of carbonyl (C=O) groups is 2. The number of methoxy groups -OCH3 is 1. The number of aryl methyl sites for hydroxylation is 1. The molecule has 3 nitrogen and oxygen atoms in total. The summed E-state index contributed by atoms with van der Waals surface area (Å²) in [5.74, 6) is 0.712. The molecule has 2 aromatic carbocycles. The van der Waals surface area contributed by atoms with E-state index in [1.54, 1.807) is 7.11 Å². The maximum absolute atomic E-state index is 13.0. The van der Waals surface area contributed by atoms with Crippen molar-refractivity contribution >= 4 is 17.6 Å². The predicted molar refractivity (Wildman–Crippen MR) is 98.9 cm³/mol. The van der Waals surface area contributed by atoms with Gasteiger partial charge in [0.05, 0.1) is 12.5 Å². The number of hydrogen-bond donors (Lipinski definition) is 0. The zero-order valence-electron chi connectivity index (χ0n) is 14.6. The van der Waals surface area contributed by atoms with E-state index in [0.29, 0.717) is 18.4 Å². The Labute approximate surface area is 148 Å². The number of rotatable bonds is 5. The van der Waals surface area contributed by atoms with E-state index >= 15 is 0 Å². The van der Waals surface area contributed by atoms with E-state index in [4.69, 9.17) is 4.74 Å². The fraction of sp³-hybridized carbons (Fsp3) is 0.273. The van der Waals surface area contributed by atoms with Gasteiger partial charge in [-0.05, 0) is 49.4 Å². The van der Waals surface area contributed by atoms with Crippen LogP contribution in [0, 0.1) is 5.41 Å². The van der Waals surface area contributed by atoms with Gasteiger partial charge in [-0.15, -0.1) is 0 Å². The van der Waals surface area contributed by atoms with Gasteiger partial charge in [0, 0.05) is 5.56 Å². The summed E-state index contributed by atoms with van der Waals surface area (Å²) in [4.78, 5) is 25.4. The number of ether oxygens (including phenoxy) is 1. The summed E-state index contributed by atoms with van der Waals surface area (Å²) in [6.07, 6.45) is 5.66. The summed E-state index contributed by atoms with van der Waals surface area (Å²) in [6.45, 7) is 1.53. The number of allylic oxidation sites excluding steroid dienone is 1. The van der Waals surface area contributed by atoms with Crippen LogP contribution < -0.4 is 4.74 Å². The van der Waals surface area contributed by atoms with E-state index in [0.717, 1.165) is 23.3 Å². The Morgan fingerprint density at radius 3 is 2.56 bits per heavy atom. The minimum atomic E-state index is -0.933. The minimum Gasteiger partial charge on any atom is -0.497 e. The van der Waals surface area contributed by atoms with E-state index in [9.17, 15) is 9.59 Å². The van der Waals surface area contributed by atoms with Crippen molar-refractivity contribution in [2.75, 3.05) is 7.11 Å². The monoisotopic (exact) mass is 334 g/mol. The molecule has 3 heteroatoms. The van der Waals surface area contributed by atoms with Crippen LogP contribution in [-0.4, -0.2) is 18.7 Å². The van der Waals surface area contributed by atoms with Gasteiger partial charge in [0.2, 0.25) is 0 Å². The Kier molecular flexibility index (Phi) is 4.84. The van der Waals surface area contributed by atoms with Crippen LogP contribution in [0.15, 0.2) is 54.6 Å². The number of fused-ring (bicyclic) bond motifs is 1. The molecule has 0 N–H and O–H groups in total. The van der Waals surface area contributed by atoms with Crippen molar-refractivity contribution in [3.8, 4) is 5.75 Å². The standard InChI is InChI=1S/C22H22O3/c1-16(23)22(14-5-6-17-9-11-19(25-2)12-10-17)15-13-18-7-3-4-8-20(18)21(22)24/h3-12H,13-15H2,1-2H3/b6-5+. The molecule has 25 heavy (non-hydrogen) atoms. The van der Waals surface area contributed by atoms with Gasteiger partial charge < -0.3 is 4.74 Å². The van der Waals surface area contributed by atoms with Crippen molar-refractivity contribution in [3.63, 3.8) is 0 Å². The van der Waals surface area contributed by atoms with Crippen molar-refractivity contribution in [3.05, 3.63) is 71.3 Å². The summed E-state index contributed by atoms with van der Waals surface area (Å²) in [5.41, 5.74) is 1.82. The maximum atomic E-state index is 13.0. The van der Waals surface area contributed by atoms with Gasteiger partial charge in [-0.25, -0.2) is 0 Å². The fourth-order valence-corrected chi connectivity index (χ4v) is 3.46. The lowest BCUT2D eigenvalue weighted by molar-refractivity contribution is -0.124. The number of hydrogen-bond acceptors (Lipinski definition) is 3. The SMILES string of the molecule is COc1ccc(/C=C/CC2(C(C)=O)CCc3ccccc3C2=O)cc1. The van der Waals surface area contributed by atoms with E-state index in [1.807, 2.05) is 60.7 Å². The zero-order valence-corrected chi connectivity index (χ0v) is 14.6. The van der Waals surface area contributed by atoms with Crippen molar-refractivity contribution in [1.29, 1.82) is 0 Å². The molecule has 0 fully saturated rings. The summed E-state index contributed by atoms with van der Waals surface area (Å²) in [6, 6.07) is 15.3. The Morgan fingerprint density at radius 1 is 1.16 bits per heavy atom. The lowest BCUT2D eigenvalue weighted by Crippen LogP contribution is -2.41. The van der Waals surface area contributed by atoms with Gasteiger partial charge in [-0.3, -0.25) is 9.59 Å². The van der Waals surface area contributed by atoms with Gasteiger partial charge in [0.25, 0.3) is 0 Å². The highest BCUT2D eigenvalue weighted by Crippen LogP contribution is 2.39. The summed E-state index contributed by atoms with van der Waals surface area (Å²) in [7, 11) is 1.63. The predicted octanol–water partition coefficient (Wildman–Crippen LogP) is 4.50. The van der Waals surface area contributed by atoms with Crippen LogP contribution in [0.3, 0.4) is 0 Å². The summed E-state index contributed by atoms with van der Waals surface area (Å²) >= 11 is 0. The molecular weight excluding hydrogens is 312 g/mol. The van der Waals surface area contributed by atoms with Crippen molar-refractivity contribution in [2.24, 2.45) is 5.41 Å². The molecule has 1 unspecified atom stereocenters. The molecule has 0 heterocycles. The third kappa shape index (κ3) is 3.27. The molecule has 0 bridgehead atoms. The first-order chi connectivity index (χ1) is 12.1. The quantitative estimate of drug-likeness (QED) is 0.756. The molecule has 128 valence electrons. The van der Waals surface area contributed by atoms with Crippen molar-refractivity contribution in [2.45, 2.75) is 26.2 Å². The van der Waals surface area contributed by atoms with Crippen LogP contribution in [0.5, 0.6) is 5.75 Å². The van der Waals surface area contributed by atoms with E-state index in [-0.39, 0.29) is 11.6 Å². The van der Waals surface area contributed by atoms with Crippen LogP contribution in [0.4, 0.5) is 0 Å². The van der Waals surface area contributed by atoms with Crippen LogP contribution in [0.25, 0.3) is 6.08 Å². The van der Waals surface area contributed by atoms with Crippen molar-refractivity contribution < 1.29 is 14.3 Å². The summed E-state index contributed by atoms with van der Waals surface area (Å²) < 4.78 is 5.15. The van der Waals surface area contributed by atoms with Crippen LogP contribution in [0.2, 0.25) is 0 Å². The van der Waals surface area contributed by atoms with Crippen LogP contribution in [0.1, 0.15) is 41.3 Å². The topological polar surface area (TPSA) is 43.4 Å². The first-order valence-electron chi connectivity index (χ1n) is 8.51. The van der Waals surface area contributed by atoms with E-state index < -0.39 is 5.41 Å². The van der Waals surface area contributed by atoms with Gasteiger partial charge in [0.1, 0.15) is 11.5 Å². The second kappa shape index (κ2) is 7.06. The number of Topliss-reactive ketones (excluding diaryl/α,β-unsaturated/α-hetero) is 2. The third-order valence-corrected chi connectivity index (χ3v) is 5.08. The van der Waals surface area contributed by atoms with Crippen molar-refractivity contribution in [1.82, 2.24) is 0 Å². The molecule has 1 aliphatic carbocycles. The second-order valence-corrected chi connectivity index (χ2v) is 6.50. The Balaban J connectivity index is 1.83. The molecule has 1 atom stereocenters. The lowest BCUT2D eigenvalue weighted by atomic mass is 9.66. The molecule has 0 saturated carbocycles. The molecule has 0 aliphatic heterocycles. The maximum Gasteiger partial charge on any atom is 0.176 e. The van der Waals surface area contributed by atoms with Gasteiger partial charge in [-0.2, -0.15) is 0 Å². The van der Waals surface area contributed by atoms with Gasteiger partial charge in [0.15, 0.2) is 5.78 Å². The van der Waals surface area contributed by atoms with E-state index in [1.165, 1.54) is 6.92 Å². The van der Waals surface area contributed by atoms with Crippen LogP contribution in [-0.2, 0) is 11.2 Å². The fourth-order valence-electron chi connectivity index (χ4n) is 3.46. The minimum absolute atomic E-state index is 0.0405. The Hall–Kier alpha value is -2.68. The number of benzene rings is 2. The smallest absolute Gasteiger partial charge is 0.176 e. The molecule has 1 aliphatic rings.